The van der Waals surface area contributed by atoms with E-state index in [1.54, 1.807) is 7.11 Å². The number of aliphatic carboxylic acids is 1. The summed E-state index contributed by atoms with van der Waals surface area (Å²) >= 11 is 0. The molecule has 5 heteroatoms. The molecule has 5 saturated carbocycles. The smallest absolute Gasteiger partial charge is 0.310 e. The fourth-order valence-corrected chi connectivity index (χ4v) is 11.9. The molecule has 3 N–H and O–H groups in total. The Morgan fingerprint density at radius 1 is 1.05 bits per heavy atom. The standard InChI is InChI=1S/C32H52O5/c1-19(2)9-8-12-31(27(35)36)18-32(31)21(17-37-7)16-30(6)25(32)15-24(34)26-28(4)13-11-23(33)20(3)22(28)10-14-29(26,30)5/h9,20-26,33-34H,8,10-18H2,1-7H3,(H,35,36)/t20-,21+,22-,23+,24?,25+,26?,28-,29-,30-,31+,32-/m0/s1. The summed E-state index contributed by atoms with van der Waals surface area (Å²) in [5.41, 5.74) is 0.106. The van der Waals surface area contributed by atoms with Gasteiger partial charge in [0.2, 0.25) is 0 Å². The summed E-state index contributed by atoms with van der Waals surface area (Å²) in [4.78, 5) is 13.1. The van der Waals surface area contributed by atoms with Crippen molar-refractivity contribution in [2.75, 3.05) is 13.7 Å². The van der Waals surface area contributed by atoms with Crippen LogP contribution in [0.15, 0.2) is 11.6 Å². The Balaban J connectivity index is 1.57. The normalized spacial score (nSPS) is 54.2. The molecule has 0 saturated heterocycles. The van der Waals surface area contributed by atoms with Crippen molar-refractivity contribution in [3.05, 3.63) is 11.6 Å². The second-order valence-corrected chi connectivity index (χ2v) is 15.1. The number of ether oxygens (including phenoxy) is 1. The third kappa shape index (κ3) is 3.41. The fourth-order valence-electron chi connectivity index (χ4n) is 11.9. The summed E-state index contributed by atoms with van der Waals surface area (Å²) in [6, 6.07) is 0. The zero-order valence-corrected chi connectivity index (χ0v) is 24.3. The molecule has 0 radical (unpaired) electrons. The van der Waals surface area contributed by atoms with Gasteiger partial charge in [0.1, 0.15) is 0 Å². The highest BCUT2D eigenvalue weighted by molar-refractivity contribution is 5.81. The Hall–Kier alpha value is -0.910. The Bertz CT molecular complexity index is 957. The topological polar surface area (TPSA) is 87.0 Å². The van der Waals surface area contributed by atoms with Crippen molar-refractivity contribution in [1.82, 2.24) is 0 Å². The van der Waals surface area contributed by atoms with Gasteiger partial charge in [0, 0.05) is 13.7 Å². The van der Waals surface area contributed by atoms with E-state index in [0.29, 0.717) is 25.4 Å². The van der Waals surface area contributed by atoms with E-state index >= 15 is 0 Å². The molecule has 0 heterocycles. The van der Waals surface area contributed by atoms with Crippen LogP contribution in [0.25, 0.3) is 0 Å². The van der Waals surface area contributed by atoms with Crippen molar-refractivity contribution in [3.63, 3.8) is 0 Å². The van der Waals surface area contributed by atoms with E-state index < -0.39 is 17.5 Å². The van der Waals surface area contributed by atoms with Gasteiger partial charge < -0.3 is 20.1 Å². The van der Waals surface area contributed by atoms with Crippen molar-refractivity contribution >= 4 is 5.97 Å². The van der Waals surface area contributed by atoms with Crippen LogP contribution in [0.5, 0.6) is 0 Å². The van der Waals surface area contributed by atoms with Gasteiger partial charge >= 0.3 is 5.97 Å². The molecule has 0 aromatic heterocycles. The molecule has 0 aromatic rings. The predicted octanol–water partition coefficient (Wildman–Crippen LogP) is 6.08. The van der Waals surface area contributed by atoms with E-state index in [1.807, 2.05) is 0 Å². The summed E-state index contributed by atoms with van der Waals surface area (Å²) in [5, 5.41) is 33.5. The maximum atomic E-state index is 13.1. The van der Waals surface area contributed by atoms with E-state index in [4.69, 9.17) is 4.74 Å². The number of carbonyl (C=O) groups is 1. The van der Waals surface area contributed by atoms with Crippen LogP contribution >= 0.6 is 0 Å². The number of aliphatic hydroxyl groups is 2. The molecule has 5 aliphatic carbocycles. The monoisotopic (exact) mass is 516 g/mol. The molecule has 12 atom stereocenters. The molecule has 210 valence electrons. The summed E-state index contributed by atoms with van der Waals surface area (Å²) < 4.78 is 5.80. The number of carboxylic acids is 1. The molecule has 0 aliphatic heterocycles. The molecule has 5 aliphatic rings. The lowest BCUT2D eigenvalue weighted by atomic mass is 9.36. The molecule has 37 heavy (non-hydrogen) atoms. The molecule has 1 spiro atoms. The molecular weight excluding hydrogens is 464 g/mol. The third-order valence-electron chi connectivity index (χ3n) is 13.7. The molecule has 5 nitrogen and oxygen atoms in total. The highest BCUT2D eigenvalue weighted by Gasteiger charge is 2.85. The SMILES string of the molecule is COC[C@H]1C[C@@]2(C)[C@@H](CC(O)C3[C@]2(C)CC[C@H]2[C@H](C)[C@H](O)CC[C@]32C)[C@]12C[C@]2(CCC=C(C)C)C(=O)O. The van der Waals surface area contributed by atoms with Crippen LogP contribution in [-0.4, -0.2) is 47.2 Å². The molecular formula is C32H52O5. The van der Waals surface area contributed by atoms with Crippen LogP contribution in [-0.2, 0) is 9.53 Å². The second kappa shape index (κ2) is 8.80. The number of rotatable bonds is 6. The number of carboxylic acid groups (broad SMARTS) is 1. The van der Waals surface area contributed by atoms with Gasteiger partial charge in [0.25, 0.3) is 0 Å². The molecule has 0 aromatic carbocycles. The van der Waals surface area contributed by atoms with Gasteiger partial charge in [-0.2, -0.15) is 0 Å². The first kappa shape index (κ1) is 27.6. The minimum absolute atomic E-state index is 0.00242. The molecule has 2 unspecified atom stereocenters. The van der Waals surface area contributed by atoms with Crippen LogP contribution in [0, 0.1) is 56.7 Å². The first-order valence-electron chi connectivity index (χ1n) is 15.0. The number of allylic oxidation sites excluding steroid dienone is 2. The van der Waals surface area contributed by atoms with Gasteiger partial charge in [0.15, 0.2) is 0 Å². The van der Waals surface area contributed by atoms with Gasteiger partial charge in [-0.05, 0) is 123 Å². The summed E-state index contributed by atoms with van der Waals surface area (Å²) in [6.07, 6.45) is 9.31. The predicted molar refractivity (Wildman–Crippen MR) is 145 cm³/mol. The summed E-state index contributed by atoms with van der Waals surface area (Å²) in [5.74, 6) is 0.610. The second-order valence-electron chi connectivity index (χ2n) is 15.1. The Morgan fingerprint density at radius 2 is 1.76 bits per heavy atom. The molecule has 0 amide bonds. The quantitative estimate of drug-likeness (QED) is 0.373. The lowest BCUT2D eigenvalue weighted by Crippen LogP contribution is -2.66. The Kier molecular flexibility index (Phi) is 6.57. The van der Waals surface area contributed by atoms with Crippen LogP contribution < -0.4 is 0 Å². The van der Waals surface area contributed by atoms with Crippen molar-refractivity contribution in [1.29, 1.82) is 0 Å². The van der Waals surface area contributed by atoms with E-state index in [0.717, 1.165) is 44.9 Å². The fraction of sp³-hybridized carbons (Fsp3) is 0.906. The van der Waals surface area contributed by atoms with Gasteiger partial charge in [0.05, 0.1) is 17.6 Å². The summed E-state index contributed by atoms with van der Waals surface area (Å²) in [7, 11) is 1.76. The van der Waals surface area contributed by atoms with Gasteiger partial charge in [-0.1, -0.05) is 39.3 Å². The van der Waals surface area contributed by atoms with E-state index in [1.165, 1.54) is 5.57 Å². The minimum Gasteiger partial charge on any atom is -0.481 e. The maximum Gasteiger partial charge on any atom is 0.310 e. The van der Waals surface area contributed by atoms with Crippen LogP contribution in [0.1, 0.15) is 99.3 Å². The molecule has 0 bridgehead atoms. The van der Waals surface area contributed by atoms with Crippen molar-refractivity contribution < 1.29 is 24.9 Å². The number of aliphatic hydroxyl groups excluding tert-OH is 2. The van der Waals surface area contributed by atoms with E-state index in [2.05, 4.69) is 47.6 Å². The first-order valence-corrected chi connectivity index (χ1v) is 15.0. The molecule has 5 fully saturated rings. The van der Waals surface area contributed by atoms with E-state index in [-0.39, 0.29) is 51.4 Å². The van der Waals surface area contributed by atoms with Gasteiger partial charge in [-0.25, -0.2) is 0 Å². The highest BCUT2D eigenvalue weighted by atomic mass is 16.5. The zero-order chi connectivity index (χ0) is 27.2. The van der Waals surface area contributed by atoms with Gasteiger partial charge in [-0.3, -0.25) is 4.79 Å². The maximum absolute atomic E-state index is 13.1. The molecule has 5 rings (SSSR count). The van der Waals surface area contributed by atoms with Crippen LogP contribution in [0.4, 0.5) is 0 Å². The summed E-state index contributed by atoms with van der Waals surface area (Å²) in [6.45, 7) is 14.3. The largest absolute Gasteiger partial charge is 0.481 e. The van der Waals surface area contributed by atoms with Gasteiger partial charge in [-0.15, -0.1) is 0 Å². The van der Waals surface area contributed by atoms with Crippen LogP contribution in [0.3, 0.4) is 0 Å². The average Bonchev–Trinajstić information content (AvgIpc) is 3.42. The van der Waals surface area contributed by atoms with E-state index in [9.17, 15) is 20.1 Å². The number of methoxy groups -OCH3 is 1. The Labute approximate surface area is 224 Å². The number of hydrogen-bond acceptors (Lipinski definition) is 4. The first-order chi connectivity index (χ1) is 17.2. The Morgan fingerprint density at radius 3 is 2.38 bits per heavy atom. The minimum atomic E-state index is -0.724. The third-order valence-corrected chi connectivity index (χ3v) is 13.7. The van der Waals surface area contributed by atoms with Crippen molar-refractivity contribution in [2.24, 2.45) is 56.7 Å². The zero-order valence-electron chi connectivity index (χ0n) is 24.3. The van der Waals surface area contributed by atoms with Crippen LogP contribution in [0.2, 0.25) is 0 Å². The average molecular weight is 517 g/mol. The van der Waals surface area contributed by atoms with Crippen molar-refractivity contribution in [3.8, 4) is 0 Å². The van der Waals surface area contributed by atoms with Crippen molar-refractivity contribution in [2.45, 2.75) is 112 Å². The number of fused-ring (bicyclic) bond motifs is 6. The lowest BCUT2D eigenvalue weighted by Gasteiger charge is -2.69. The highest BCUT2D eigenvalue weighted by Crippen LogP contribution is 2.86. The lowest BCUT2D eigenvalue weighted by molar-refractivity contribution is -0.241. The number of hydrogen-bond donors (Lipinski definition) is 3.